The zero-order valence-corrected chi connectivity index (χ0v) is 15.0. The van der Waals surface area contributed by atoms with Crippen LogP contribution in [0.25, 0.3) is 0 Å². The van der Waals surface area contributed by atoms with Crippen molar-refractivity contribution in [2.45, 2.75) is 0 Å². The number of nitrogens with zero attached hydrogens (tertiary/aromatic N) is 4. The van der Waals surface area contributed by atoms with Gasteiger partial charge in [0.25, 0.3) is 0 Å². The van der Waals surface area contributed by atoms with Gasteiger partial charge in [-0.05, 0) is 36.4 Å². The molecule has 0 saturated heterocycles. The molecular formula is C20H10N4O6. The normalized spacial score (nSPS) is 9.80. The van der Waals surface area contributed by atoms with E-state index in [1.165, 1.54) is 48.5 Å². The first-order valence-electron chi connectivity index (χ1n) is 8.24. The molecule has 0 aliphatic carbocycles. The Morgan fingerprint density at radius 1 is 0.700 bits per heavy atom. The third-order valence-corrected chi connectivity index (χ3v) is 3.83. The van der Waals surface area contributed by atoms with Crippen molar-refractivity contribution in [2.75, 3.05) is 0 Å². The minimum atomic E-state index is -0.670. The standard InChI is InChI=1S/C20H10N4O6/c21-11-13-4-6-19(17(8-13)23(25)26)29-15-2-1-3-16(10-15)30-20-7-5-14(12-22)9-18(20)24(27)28/h1-10H. The predicted octanol–water partition coefficient (Wildman–Crippen LogP) is 4.83. The number of nitro groups is 2. The van der Waals surface area contributed by atoms with E-state index in [0.717, 1.165) is 12.1 Å². The average Bonchev–Trinajstić information content (AvgIpc) is 2.74. The first kappa shape index (κ1) is 19.8. The van der Waals surface area contributed by atoms with Gasteiger partial charge in [-0.2, -0.15) is 10.5 Å². The summed E-state index contributed by atoms with van der Waals surface area (Å²) < 4.78 is 11.1. The summed E-state index contributed by atoms with van der Waals surface area (Å²) in [6, 6.07) is 17.1. The Balaban J connectivity index is 1.90. The lowest BCUT2D eigenvalue weighted by atomic mass is 10.2. The smallest absolute Gasteiger partial charge is 0.312 e. The molecule has 0 heterocycles. The van der Waals surface area contributed by atoms with Gasteiger partial charge in [0, 0.05) is 18.2 Å². The lowest BCUT2D eigenvalue weighted by Crippen LogP contribution is -1.96. The highest BCUT2D eigenvalue weighted by Crippen LogP contribution is 2.36. The SMILES string of the molecule is N#Cc1ccc(Oc2cccc(Oc3ccc(C#N)cc3[N+](=O)[O-])c2)c([N+](=O)[O-])c1. The first-order chi connectivity index (χ1) is 14.4. The van der Waals surface area contributed by atoms with Crippen LogP contribution in [0.2, 0.25) is 0 Å². The second kappa shape index (κ2) is 8.37. The Labute approximate surface area is 169 Å². The van der Waals surface area contributed by atoms with Crippen LogP contribution in [-0.2, 0) is 0 Å². The molecule has 0 amide bonds. The molecular weight excluding hydrogens is 392 g/mol. The van der Waals surface area contributed by atoms with E-state index in [1.54, 1.807) is 0 Å². The minimum absolute atomic E-state index is 0.0829. The highest BCUT2D eigenvalue weighted by molar-refractivity contribution is 5.55. The van der Waals surface area contributed by atoms with Gasteiger partial charge in [-0.1, -0.05) is 6.07 Å². The molecule has 0 atom stereocenters. The molecule has 0 fully saturated rings. The summed E-state index contributed by atoms with van der Waals surface area (Å²) in [6.07, 6.45) is 0. The van der Waals surface area contributed by atoms with Gasteiger partial charge in [0.2, 0.25) is 11.5 Å². The predicted molar refractivity (Wildman–Crippen MR) is 102 cm³/mol. The lowest BCUT2D eigenvalue weighted by molar-refractivity contribution is -0.385. The van der Waals surface area contributed by atoms with Crippen molar-refractivity contribution >= 4 is 11.4 Å². The van der Waals surface area contributed by atoms with E-state index < -0.39 is 9.85 Å². The summed E-state index contributed by atoms with van der Waals surface area (Å²) in [5.41, 5.74) is -0.551. The number of nitriles is 2. The van der Waals surface area contributed by atoms with Gasteiger partial charge >= 0.3 is 11.4 Å². The first-order valence-corrected chi connectivity index (χ1v) is 8.24. The van der Waals surface area contributed by atoms with Crippen molar-refractivity contribution in [1.82, 2.24) is 0 Å². The van der Waals surface area contributed by atoms with E-state index in [1.807, 2.05) is 12.1 Å². The molecule has 30 heavy (non-hydrogen) atoms. The second-order valence-corrected chi connectivity index (χ2v) is 5.78. The van der Waals surface area contributed by atoms with Crippen LogP contribution in [0.4, 0.5) is 11.4 Å². The number of hydrogen-bond donors (Lipinski definition) is 0. The van der Waals surface area contributed by atoms with Crippen LogP contribution in [0, 0.1) is 42.9 Å². The van der Waals surface area contributed by atoms with Crippen LogP contribution >= 0.6 is 0 Å². The topological polar surface area (TPSA) is 152 Å². The third-order valence-electron chi connectivity index (χ3n) is 3.83. The van der Waals surface area contributed by atoms with Crippen molar-refractivity contribution in [2.24, 2.45) is 0 Å². The molecule has 0 spiro atoms. The second-order valence-electron chi connectivity index (χ2n) is 5.78. The van der Waals surface area contributed by atoms with Gasteiger partial charge in [0.15, 0.2) is 0 Å². The van der Waals surface area contributed by atoms with E-state index in [9.17, 15) is 20.2 Å². The summed E-state index contributed by atoms with van der Waals surface area (Å²) in [5, 5.41) is 40.3. The van der Waals surface area contributed by atoms with E-state index in [-0.39, 0.29) is 45.5 Å². The molecule has 0 radical (unpaired) electrons. The molecule has 0 aromatic heterocycles. The molecule has 3 rings (SSSR count). The third kappa shape index (κ3) is 4.30. The Morgan fingerprint density at radius 3 is 1.50 bits per heavy atom. The van der Waals surface area contributed by atoms with E-state index >= 15 is 0 Å². The molecule has 0 saturated carbocycles. The molecule has 146 valence electrons. The molecule has 10 nitrogen and oxygen atoms in total. The molecule has 0 aliphatic rings. The van der Waals surface area contributed by atoms with Gasteiger partial charge in [0.05, 0.1) is 33.1 Å². The van der Waals surface area contributed by atoms with Crippen LogP contribution in [0.3, 0.4) is 0 Å². The largest absolute Gasteiger partial charge is 0.450 e. The van der Waals surface area contributed by atoms with Crippen molar-refractivity contribution in [3.63, 3.8) is 0 Å². The lowest BCUT2D eigenvalue weighted by Gasteiger charge is -2.10. The fraction of sp³-hybridized carbons (Fsp3) is 0. The Morgan fingerprint density at radius 2 is 1.13 bits per heavy atom. The van der Waals surface area contributed by atoms with Crippen molar-refractivity contribution in [3.05, 3.63) is 92.0 Å². The van der Waals surface area contributed by atoms with E-state index in [4.69, 9.17) is 20.0 Å². The zero-order valence-electron chi connectivity index (χ0n) is 15.0. The van der Waals surface area contributed by atoms with Crippen LogP contribution in [0.5, 0.6) is 23.0 Å². The number of ether oxygens (including phenoxy) is 2. The quantitative estimate of drug-likeness (QED) is 0.419. The summed E-state index contributed by atoms with van der Waals surface area (Å²) in [7, 11) is 0. The highest BCUT2D eigenvalue weighted by atomic mass is 16.6. The van der Waals surface area contributed by atoms with Gasteiger partial charge in [0.1, 0.15) is 11.5 Å². The Bertz CT molecular complexity index is 1150. The highest BCUT2D eigenvalue weighted by Gasteiger charge is 2.19. The average molecular weight is 402 g/mol. The number of benzene rings is 3. The van der Waals surface area contributed by atoms with Gasteiger partial charge in [-0.3, -0.25) is 20.2 Å². The molecule has 3 aromatic rings. The van der Waals surface area contributed by atoms with E-state index in [0.29, 0.717) is 0 Å². The Kier molecular flexibility index (Phi) is 5.52. The van der Waals surface area contributed by atoms with Gasteiger partial charge in [-0.15, -0.1) is 0 Å². The number of rotatable bonds is 6. The fourth-order valence-corrected chi connectivity index (χ4v) is 2.49. The summed E-state index contributed by atoms with van der Waals surface area (Å²) >= 11 is 0. The fourth-order valence-electron chi connectivity index (χ4n) is 2.49. The van der Waals surface area contributed by atoms with Crippen molar-refractivity contribution in [3.8, 4) is 35.1 Å². The van der Waals surface area contributed by atoms with Crippen LogP contribution < -0.4 is 9.47 Å². The summed E-state index contributed by atoms with van der Waals surface area (Å²) in [4.78, 5) is 21.2. The van der Waals surface area contributed by atoms with Crippen molar-refractivity contribution < 1.29 is 19.3 Å². The molecule has 0 N–H and O–H groups in total. The molecule has 10 heteroatoms. The summed E-state index contributed by atoms with van der Waals surface area (Å²) in [5.74, 6) is 0.189. The Hall–Kier alpha value is -4.96. The molecule has 0 unspecified atom stereocenters. The van der Waals surface area contributed by atoms with Crippen molar-refractivity contribution in [1.29, 1.82) is 10.5 Å². The van der Waals surface area contributed by atoms with Crippen LogP contribution in [0.15, 0.2) is 60.7 Å². The van der Waals surface area contributed by atoms with Crippen LogP contribution in [0.1, 0.15) is 11.1 Å². The van der Waals surface area contributed by atoms with Gasteiger partial charge < -0.3 is 9.47 Å². The molecule has 3 aromatic carbocycles. The van der Waals surface area contributed by atoms with E-state index in [2.05, 4.69) is 0 Å². The molecule has 0 aliphatic heterocycles. The minimum Gasteiger partial charge on any atom is -0.450 e. The zero-order chi connectivity index (χ0) is 21.7. The number of hydrogen-bond acceptors (Lipinski definition) is 8. The monoisotopic (exact) mass is 402 g/mol. The van der Waals surface area contributed by atoms with Gasteiger partial charge in [-0.25, -0.2) is 0 Å². The maximum atomic E-state index is 11.2. The molecule has 0 bridgehead atoms. The van der Waals surface area contributed by atoms with Crippen LogP contribution in [-0.4, -0.2) is 9.85 Å². The maximum absolute atomic E-state index is 11.2. The number of nitro benzene ring substituents is 2. The summed E-state index contributed by atoms with van der Waals surface area (Å²) in [6.45, 7) is 0. The maximum Gasteiger partial charge on any atom is 0.312 e.